The number of hydrogen-bond acceptors (Lipinski definition) is 3. The first-order valence-electron chi connectivity index (χ1n) is 1.72. The second kappa shape index (κ2) is 1.23. The summed E-state index contributed by atoms with van der Waals surface area (Å²) in [4.78, 5) is 0. The minimum atomic E-state index is -2.95. The average molecular weight is 120 g/mol. The Hall–Kier alpha value is -0.510. The summed E-state index contributed by atoms with van der Waals surface area (Å²) in [7, 11) is -2.95. The van der Waals surface area contributed by atoms with Gasteiger partial charge in [-0.05, 0) is 0 Å². The summed E-state index contributed by atoms with van der Waals surface area (Å²) in [5.74, 6) is -0.188. The topological polar surface area (TPSA) is 43.4 Å². The highest BCUT2D eigenvalue weighted by Gasteiger charge is 2.09. The van der Waals surface area contributed by atoms with E-state index in [1.807, 2.05) is 0 Å². The molecule has 1 heterocycles. The molecule has 40 valence electrons. The van der Waals surface area contributed by atoms with Crippen LogP contribution in [-0.2, 0) is 14.6 Å². The molecule has 0 atom stereocenters. The van der Waals surface area contributed by atoms with Crippen molar-refractivity contribution in [3.63, 3.8) is 0 Å². The van der Waals surface area contributed by atoms with E-state index in [9.17, 15) is 8.42 Å². The minimum Gasteiger partial charge on any atom is -0.484 e. The molecule has 0 spiro atoms. The molecule has 1 aliphatic heterocycles. The number of sulfone groups is 1. The van der Waals surface area contributed by atoms with Crippen molar-refractivity contribution < 1.29 is 13.2 Å². The number of hydrogen-bond donors (Lipinski definition) is 0. The van der Waals surface area contributed by atoms with Gasteiger partial charge in [0.15, 0.2) is 5.94 Å². The lowest BCUT2D eigenvalue weighted by Gasteiger charge is -1.82. The van der Waals surface area contributed by atoms with Crippen molar-refractivity contribution in [2.45, 2.75) is 0 Å². The zero-order valence-corrected chi connectivity index (χ0v) is 4.31. The Bertz CT molecular complexity index is 176. The van der Waals surface area contributed by atoms with E-state index in [0.717, 1.165) is 5.41 Å². The van der Waals surface area contributed by atoms with Gasteiger partial charge in [-0.25, -0.2) is 8.42 Å². The summed E-state index contributed by atoms with van der Waals surface area (Å²) in [6.45, 7) is 0. The molecule has 0 saturated heterocycles. The van der Waals surface area contributed by atoms with Gasteiger partial charge in [0.2, 0.25) is 9.84 Å². The van der Waals surface area contributed by atoms with Gasteiger partial charge < -0.3 is 4.74 Å². The van der Waals surface area contributed by atoms with Crippen molar-refractivity contribution in [1.82, 2.24) is 0 Å². The van der Waals surface area contributed by atoms with E-state index in [1.165, 1.54) is 6.26 Å². The van der Waals surface area contributed by atoms with Crippen LogP contribution in [0.15, 0.2) is 11.7 Å². The van der Waals surface area contributed by atoms with Gasteiger partial charge in [0.1, 0.15) is 0 Å². The first kappa shape index (κ1) is 4.64. The SMILES string of the molecule is O=S1(=O)C=COC1. The van der Waals surface area contributed by atoms with Crippen molar-refractivity contribution in [3.8, 4) is 0 Å². The molecule has 0 aromatic rings. The summed E-state index contributed by atoms with van der Waals surface area (Å²) in [6, 6.07) is 0. The first-order chi connectivity index (χ1) is 3.21. The molecule has 0 bridgehead atoms. The van der Waals surface area contributed by atoms with Crippen LogP contribution in [0.3, 0.4) is 0 Å². The predicted octanol–water partition coefficient (Wildman–Crippen LogP) is -0.140. The Labute approximate surface area is 41.5 Å². The molecule has 0 aromatic carbocycles. The molecule has 0 aromatic heterocycles. The summed E-state index contributed by atoms with van der Waals surface area (Å²) in [5.41, 5.74) is 0. The average Bonchev–Trinajstić information content (AvgIpc) is 1.84. The van der Waals surface area contributed by atoms with Crippen molar-refractivity contribution in [2.24, 2.45) is 0 Å². The highest BCUT2D eigenvalue weighted by Crippen LogP contribution is 2.01. The Morgan fingerprint density at radius 2 is 2.29 bits per heavy atom. The third-order valence-corrected chi connectivity index (χ3v) is 1.58. The number of ether oxygens (including phenoxy) is 1. The van der Waals surface area contributed by atoms with Crippen molar-refractivity contribution in [3.05, 3.63) is 11.7 Å². The van der Waals surface area contributed by atoms with Gasteiger partial charge in [-0.1, -0.05) is 0 Å². The van der Waals surface area contributed by atoms with Crippen LogP contribution in [0.5, 0.6) is 0 Å². The van der Waals surface area contributed by atoms with Crippen molar-refractivity contribution in [2.75, 3.05) is 5.94 Å². The molecule has 0 radical (unpaired) electrons. The fraction of sp³-hybridized carbons (Fsp3) is 0.333. The maximum Gasteiger partial charge on any atom is 0.209 e. The van der Waals surface area contributed by atoms with Crippen LogP contribution in [0.4, 0.5) is 0 Å². The molecule has 0 N–H and O–H groups in total. The van der Waals surface area contributed by atoms with Crippen LogP contribution in [0, 0.1) is 0 Å². The molecule has 0 unspecified atom stereocenters. The van der Waals surface area contributed by atoms with E-state index in [1.54, 1.807) is 0 Å². The van der Waals surface area contributed by atoms with Gasteiger partial charge in [-0.15, -0.1) is 0 Å². The summed E-state index contributed by atoms with van der Waals surface area (Å²) < 4.78 is 24.8. The van der Waals surface area contributed by atoms with E-state index < -0.39 is 9.84 Å². The molecular weight excluding hydrogens is 116 g/mol. The standard InChI is InChI=1S/C3H4O3S/c4-7(5)2-1-6-3-7/h1-2H,3H2. The summed E-state index contributed by atoms with van der Waals surface area (Å²) in [6.07, 6.45) is 1.18. The largest absolute Gasteiger partial charge is 0.484 e. The second-order valence-corrected chi connectivity index (χ2v) is 3.05. The van der Waals surface area contributed by atoms with Crippen LogP contribution in [0.1, 0.15) is 0 Å². The third-order valence-electron chi connectivity index (χ3n) is 0.591. The van der Waals surface area contributed by atoms with E-state index in [0.29, 0.717) is 0 Å². The molecule has 1 rings (SSSR count). The van der Waals surface area contributed by atoms with Gasteiger partial charge >= 0.3 is 0 Å². The lowest BCUT2D eigenvalue weighted by atomic mass is 11.1. The van der Waals surface area contributed by atoms with Gasteiger partial charge in [0.25, 0.3) is 0 Å². The van der Waals surface area contributed by atoms with Crippen LogP contribution in [0.25, 0.3) is 0 Å². The fourth-order valence-corrected chi connectivity index (χ4v) is 0.892. The monoisotopic (exact) mass is 120 g/mol. The van der Waals surface area contributed by atoms with E-state index >= 15 is 0 Å². The molecule has 3 nitrogen and oxygen atoms in total. The van der Waals surface area contributed by atoms with Crippen LogP contribution >= 0.6 is 0 Å². The zero-order chi connectivity index (χ0) is 5.33. The summed E-state index contributed by atoms with van der Waals surface area (Å²) in [5, 5.41) is 1.05. The normalized spacial score (nSPS) is 24.6. The minimum absolute atomic E-state index is 0.188. The van der Waals surface area contributed by atoms with Gasteiger partial charge in [0.05, 0.1) is 11.7 Å². The molecule has 1 aliphatic rings. The molecule has 0 saturated carbocycles. The Kier molecular flexibility index (Phi) is 0.815. The van der Waals surface area contributed by atoms with E-state index in [-0.39, 0.29) is 5.94 Å². The van der Waals surface area contributed by atoms with Crippen molar-refractivity contribution >= 4 is 9.84 Å². The Morgan fingerprint density at radius 3 is 2.43 bits per heavy atom. The fourth-order valence-electron chi connectivity index (χ4n) is 0.297. The Balaban J connectivity index is 2.99. The lowest BCUT2D eigenvalue weighted by molar-refractivity contribution is 0.318. The van der Waals surface area contributed by atoms with E-state index in [4.69, 9.17) is 0 Å². The highest BCUT2D eigenvalue weighted by molar-refractivity contribution is 7.94. The molecular formula is C3H4O3S. The van der Waals surface area contributed by atoms with Crippen LogP contribution in [0.2, 0.25) is 0 Å². The molecule has 0 fully saturated rings. The smallest absolute Gasteiger partial charge is 0.209 e. The Morgan fingerprint density at radius 1 is 1.57 bits per heavy atom. The molecule has 0 amide bonds. The van der Waals surface area contributed by atoms with Gasteiger partial charge in [-0.2, -0.15) is 0 Å². The molecule has 0 aliphatic carbocycles. The predicted molar refractivity (Wildman–Crippen MR) is 24.0 cm³/mol. The highest BCUT2D eigenvalue weighted by atomic mass is 32.2. The lowest BCUT2D eigenvalue weighted by Crippen LogP contribution is -1.94. The maximum atomic E-state index is 10.2. The van der Waals surface area contributed by atoms with Crippen molar-refractivity contribution in [1.29, 1.82) is 0 Å². The second-order valence-electron chi connectivity index (χ2n) is 1.22. The number of rotatable bonds is 0. The van der Waals surface area contributed by atoms with Gasteiger partial charge in [-0.3, -0.25) is 0 Å². The zero-order valence-electron chi connectivity index (χ0n) is 3.49. The summed E-state index contributed by atoms with van der Waals surface area (Å²) >= 11 is 0. The van der Waals surface area contributed by atoms with Crippen LogP contribution in [-0.4, -0.2) is 14.4 Å². The third kappa shape index (κ3) is 0.928. The maximum absolute atomic E-state index is 10.2. The van der Waals surface area contributed by atoms with Crippen LogP contribution < -0.4 is 0 Å². The molecule has 4 heteroatoms. The first-order valence-corrected chi connectivity index (χ1v) is 3.43. The quantitative estimate of drug-likeness (QED) is 0.447. The van der Waals surface area contributed by atoms with Gasteiger partial charge in [0, 0.05) is 0 Å². The van der Waals surface area contributed by atoms with E-state index in [2.05, 4.69) is 4.74 Å². The molecule has 7 heavy (non-hydrogen) atoms.